The molecule has 0 aliphatic rings. The van der Waals surface area contributed by atoms with Gasteiger partial charge in [0.25, 0.3) is 5.56 Å². The van der Waals surface area contributed by atoms with E-state index in [1.165, 1.54) is 10.9 Å². The van der Waals surface area contributed by atoms with Crippen LogP contribution in [-0.4, -0.2) is 28.8 Å². The number of nitrogens with one attached hydrogen (secondary N) is 2. The molecule has 6 nitrogen and oxygen atoms in total. The molecule has 1 aromatic rings. The van der Waals surface area contributed by atoms with E-state index in [0.29, 0.717) is 18.8 Å². The molecule has 0 bridgehead atoms. The topological polar surface area (TPSA) is 76.0 Å². The first kappa shape index (κ1) is 14.5. The zero-order valence-corrected chi connectivity index (χ0v) is 11.3. The normalized spacial score (nSPS) is 10.2. The standard InChI is InChI=1S/C11H17ClN4O2/c1-3-5-16-11(18)10(12)8(6-15-16)14-7-9(17)13-4-2/h6,14H,3-5,7H2,1-2H3,(H,13,17). The van der Waals surface area contributed by atoms with Crippen LogP contribution in [0, 0.1) is 0 Å². The predicted molar refractivity (Wildman–Crippen MR) is 71.0 cm³/mol. The summed E-state index contributed by atoms with van der Waals surface area (Å²) < 4.78 is 1.31. The number of hydrogen-bond acceptors (Lipinski definition) is 4. The molecular formula is C11H17ClN4O2. The Kier molecular flexibility index (Phi) is 5.64. The molecule has 0 fully saturated rings. The number of aryl methyl sites for hydroxylation is 1. The second-order valence-electron chi connectivity index (χ2n) is 3.71. The minimum absolute atomic E-state index is 0.0581. The van der Waals surface area contributed by atoms with E-state index in [1.54, 1.807) is 0 Å². The highest BCUT2D eigenvalue weighted by Crippen LogP contribution is 2.14. The molecule has 1 rings (SSSR count). The van der Waals surface area contributed by atoms with Crippen molar-refractivity contribution >= 4 is 23.2 Å². The van der Waals surface area contributed by atoms with Crippen LogP contribution >= 0.6 is 11.6 Å². The SMILES string of the molecule is CCCn1ncc(NCC(=O)NCC)c(Cl)c1=O. The maximum atomic E-state index is 11.8. The van der Waals surface area contributed by atoms with Crippen molar-refractivity contribution in [1.82, 2.24) is 15.1 Å². The maximum absolute atomic E-state index is 11.8. The molecule has 0 aliphatic heterocycles. The average Bonchev–Trinajstić information content (AvgIpc) is 2.35. The summed E-state index contributed by atoms with van der Waals surface area (Å²) in [5, 5.41) is 9.46. The fourth-order valence-electron chi connectivity index (χ4n) is 1.39. The maximum Gasteiger partial charge on any atom is 0.287 e. The fourth-order valence-corrected chi connectivity index (χ4v) is 1.61. The van der Waals surface area contributed by atoms with Gasteiger partial charge in [-0.1, -0.05) is 18.5 Å². The van der Waals surface area contributed by atoms with Crippen LogP contribution in [0.3, 0.4) is 0 Å². The summed E-state index contributed by atoms with van der Waals surface area (Å²) in [5.41, 5.74) is 0.0275. The molecule has 0 unspecified atom stereocenters. The lowest BCUT2D eigenvalue weighted by Gasteiger charge is -2.09. The monoisotopic (exact) mass is 272 g/mol. The van der Waals surface area contributed by atoms with Gasteiger partial charge in [0.1, 0.15) is 5.02 Å². The average molecular weight is 273 g/mol. The van der Waals surface area contributed by atoms with Gasteiger partial charge in [-0.25, -0.2) is 4.68 Å². The van der Waals surface area contributed by atoms with E-state index < -0.39 is 0 Å². The summed E-state index contributed by atoms with van der Waals surface area (Å²) in [5.74, 6) is -0.161. The first-order valence-corrected chi connectivity index (χ1v) is 6.24. The Morgan fingerprint density at radius 2 is 2.22 bits per heavy atom. The fraction of sp³-hybridized carbons (Fsp3) is 0.545. The molecule has 2 N–H and O–H groups in total. The van der Waals surface area contributed by atoms with E-state index in [0.717, 1.165) is 6.42 Å². The van der Waals surface area contributed by atoms with Gasteiger partial charge in [0, 0.05) is 13.1 Å². The third-order valence-corrected chi connectivity index (χ3v) is 2.60. The van der Waals surface area contributed by atoms with Gasteiger partial charge in [-0.05, 0) is 13.3 Å². The molecule has 0 radical (unpaired) electrons. The van der Waals surface area contributed by atoms with E-state index in [2.05, 4.69) is 15.7 Å². The number of anilines is 1. The summed E-state index contributed by atoms with van der Waals surface area (Å²) in [6.07, 6.45) is 2.26. The highest BCUT2D eigenvalue weighted by Gasteiger charge is 2.09. The summed E-state index contributed by atoms with van der Waals surface area (Å²) in [6, 6.07) is 0. The summed E-state index contributed by atoms with van der Waals surface area (Å²) in [6.45, 7) is 4.92. The molecule has 1 heterocycles. The van der Waals surface area contributed by atoms with Gasteiger partial charge in [0.15, 0.2) is 0 Å². The Bertz CT molecular complexity index is 473. The van der Waals surface area contributed by atoms with Crippen molar-refractivity contribution in [2.24, 2.45) is 0 Å². The highest BCUT2D eigenvalue weighted by atomic mass is 35.5. The summed E-state index contributed by atoms with van der Waals surface area (Å²) in [7, 11) is 0. The van der Waals surface area contributed by atoms with E-state index in [4.69, 9.17) is 11.6 Å². The van der Waals surface area contributed by atoms with Gasteiger partial charge in [-0.2, -0.15) is 5.10 Å². The zero-order chi connectivity index (χ0) is 13.5. The van der Waals surface area contributed by atoms with Gasteiger partial charge in [0.05, 0.1) is 18.4 Å². The number of aromatic nitrogens is 2. The number of hydrogen-bond donors (Lipinski definition) is 2. The molecule has 0 spiro atoms. The molecule has 0 aromatic carbocycles. The van der Waals surface area contributed by atoms with Crippen LogP contribution in [0.1, 0.15) is 20.3 Å². The van der Waals surface area contributed by atoms with Gasteiger partial charge in [-0.3, -0.25) is 9.59 Å². The van der Waals surface area contributed by atoms with Crippen LogP contribution in [0.25, 0.3) is 0 Å². The Morgan fingerprint density at radius 3 is 2.83 bits per heavy atom. The first-order valence-electron chi connectivity index (χ1n) is 5.86. The first-order chi connectivity index (χ1) is 8.60. The molecule has 0 saturated heterocycles. The van der Waals surface area contributed by atoms with Crippen LogP contribution < -0.4 is 16.2 Å². The predicted octanol–water partition coefficient (Wildman–Crippen LogP) is 0.855. The smallest absolute Gasteiger partial charge is 0.287 e. The lowest BCUT2D eigenvalue weighted by atomic mass is 10.4. The largest absolute Gasteiger partial charge is 0.373 e. The van der Waals surface area contributed by atoms with E-state index in [9.17, 15) is 9.59 Å². The number of carbonyl (C=O) groups excluding carboxylic acids is 1. The van der Waals surface area contributed by atoms with Crippen molar-refractivity contribution in [1.29, 1.82) is 0 Å². The van der Waals surface area contributed by atoms with Gasteiger partial charge in [-0.15, -0.1) is 0 Å². The molecule has 100 valence electrons. The Balaban J connectivity index is 2.76. The van der Waals surface area contributed by atoms with Crippen molar-refractivity contribution in [2.75, 3.05) is 18.4 Å². The van der Waals surface area contributed by atoms with E-state index in [1.807, 2.05) is 13.8 Å². The highest BCUT2D eigenvalue weighted by molar-refractivity contribution is 6.33. The van der Waals surface area contributed by atoms with Crippen molar-refractivity contribution in [3.05, 3.63) is 21.6 Å². The molecule has 0 saturated carbocycles. The van der Waals surface area contributed by atoms with Crippen LogP contribution in [0.4, 0.5) is 5.69 Å². The molecule has 0 aliphatic carbocycles. The number of likely N-dealkylation sites (N-methyl/N-ethyl adjacent to an activating group) is 1. The summed E-state index contributed by atoms with van der Waals surface area (Å²) >= 11 is 5.93. The molecule has 1 amide bonds. The van der Waals surface area contributed by atoms with Crippen molar-refractivity contribution in [3.8, 4) is 0 Å². The zero-order valence-electron chi connectivity index (χ0n) is 10.5. The number of rotatable bonds is 6. The molecular weight excluding hydrogens is 256 g/mol. The molecule has 0 atom stereocenters. The Morgan fingerprint density at radius 1 is 1.50 bits per heavy atom. The summed E-state index contributed by atoms with van der Waals surface area (Å²) in [4.78, 5) is 23.0. The van der Waals surface area contributed by atoms with Gasteiger partial charge >= 0.3 is 0 Å². The lowest BCUT2D eigenvalue weighted by Crippen LogP contribution is -2.30. The van der Waals surface area contributed by atoms with Crippen LogP contribution in [-0.2, 0) is 11.3 Å². The molecule has 18 heavy (non-hydrogen) atoms. The number of amides is 1. The number of carbonyl (C=O) groups is 1. The minimum atomic E-state index is -0.348. The van der Waals surface area contributed by atoms with Crippen LogP contribution in [0.2, 0.25) is 5.02 Å². The lowest BCUT2D eigenvalue weighted by molar-refractivity contribution is -0.119. The second kappa shape index (κ2) is 7.00. The van der Waals surface area contributed by atoms with E-state index in [-0.39, 0.29) is 23.0 Å². The third-order valence-electron chi connectivity index (χ3n) is 2.23. The molecule has 1 aromatic heterocycles. The quantitative estimate of drug-likeness (QED) is 0.805. The Hall–Kier alpha value is -1.56. The van der Waals surface area contributed by atoms with Crippen LogP contribution in [0.15, 0.2) is 11.0 Å². The third kappa shape index (κ3) is 3.73. The Labute approximate surface area is 110 Å². The van der Waals surface area contributed by atoms with Gasteiger partial charge in [0.2, 0.25) is 5.91 Å². The minimum Gasteiger partial charge on any atom is -0.373 e. The van der Waals surface area contributed by atoms with Gasteiger partial charge < -0.3 is 10.6 Å². The van der Waals surface area contributed by atoms with Crippen molar-refractivity contribution in [2.45, 2.75) is 26.8 Å². The number of nitrogens with zero attached hydrogens (tertiary/aromatic N) is 2. The second-order valence-corrected chi connectivity index (χ2v) is 4.09. The number of halogens is 1. The van der Waals surface area contributed by atoms with E-state index >= 15 is 0 Å². The van der Waals surface area contributed by atoms with Crippen LogP contribution in [0.5, 0.6) is 0 Å². The van der Waals surface area contributed by atoms with Crippen molar-refractivity contribution in [3.63, 3.8) is 0 Å². The molecule has 7 heteroatoms. The van der Waals surface area contributed by atoms with Crippen molar-refractivity contribution < 1.29 is 4.79 Å².